The van der Waals surface area contributed by atoms with Gasteiger partial charge in [0.1, 0.15) is 6.20 Å². The van der Waals surface area contributed by atoms with Crippen LogP contribution in [0.25, 0.3) is 0 Å². The molecule has 0 unspecified atom stereocenters. The Labute approximate surface area is 131 Å². The van der Waals surface area contributed by atoms with Crippen molar-refractivity contribution < 1.29 is 19.6 Å². The minimum absolute atomic E-state index is 0.466. The first-order chi connectivity index (χ1) is 10.7. The summed E-state index contributed by atoms with van der Waals surface area (Å²) >= 11 is 0. The summed E-state index contributed by atoms with van der Waals surface area (Å²) in [5.74, 6) is 5.75. The smallest absolute Gasteiger partial charge is 0.299 e. The average molecular weight is 321 g/mol. The fourth-order valence-electron chi connectivity index (χ4n) is 1.59. The summed E-state index contributed by atoms with van der Waals surface area (Å²) in [4.78, 5) is 20.6. The number of rotatable bonds is 3. The quantitative estimate of drug-likeness (QED) is 0.371. The fraction of sp³-hybridized carbons (Fsp3) is 0.154. The number of anilines is 1. The third kappa shape index (κ3) is 4.81. The van der Waals surface area contributed by atoms with Crippen molar-refractivity contribution in [3.8, 4) is 5.75 Å². The number of hydrogen-bond donors (Lipinski definition) is 1. The van der Waals surface area contributed by atoms with Crippen molar-refractivity contribution in [2.45, 2.75) is 0 Å². The lowest BCUT2D eigenvalue weighted by Gasteiger charge is -2.05. The molecule has 10 heteroatoms. The number of nitrogens with zero attached hydrogens (tertiary/aromatic N) is 4. The van der Waals surface area contributed by atoms with Crippen LogP contribution in [0.3, 0.4) is 0 Å². The lowest BCUT2D eigenvalue weighted by atomic mass is 10.2. The molecule has 122 valence electrons. The summed E-state index contributed by atoms with van der Waals surface area (Å²) < 4.78 is 1.58. The van der Waals surface area contributed by atoms with Crippen LogP contribution < -0.4 is 20.5 Å². The highest BCUT2D eigenvalue weighted by atomic mass is 16.6. The average Bonchev–Trinajstić information content (AvgIpc) is 2.48. The standard InChI is InChI=1S/C7H12N3.C6H4N2O5/c1-9(2)7-5-3-4-6-10(7)8;9-6-2-1-4(7(10)11)3-5(6)8(12)13/h3-6H,8H2,1-2H3;1-3,9H/q+1;/p-1. The van der Waals surface area contributed by atoms with Crippen LogP contribution in [-0.4, -0.2) is 23.9 Å². The molecule has 23 heavy (non-hydrogen) atoms. The van der Waals surface area contributed by atoms with Gasteiger partial charge in [0.2, 0.25) is 0 Å². The molecule has 0 amide bonds. The van der Waals surface area contributed by atoms with E-state index in [4.69, 9.17) is 5.84 Å². The number of benzene rings is 1. The fourth-order valence-corrected chi connectivity index (χ4v) is 1.59. The van der Waals surface area contributed by atoms with E-state index in [1.165, 1.54) is 0 Å². The molecule has 0 saturated carbocycles. The highest BCUT2D eigenvalue weighted by Gasteiger charge is 2.13. The van der Waals surface area contributed by atoms with Gasteiger partial charge in [0.25, 0.3) is 17.2 Å². The van der Waals surface area contributed by atoms with Crippen LogP contribution in [-0.2, 0) is 0 Å². The van der Waals surface area contributed by atoms with Gasteiger partial charge in [-0.05, 0) is 11.8 Å². The van der Waals surface area contributed by atoms with E-state index >= 15 is 0 Å². The van der Waals surface area contributed by atoms with E-state index in [1.54, 1.807) is 4.68 Å². The van der Waals surface area contributed by atoms with E-state index in [-0.39, 0.29) is 0 Å². The van der Waals surface area contributed by atoms with Gasteiger partial charge >= 0.3 is 0 Å². The first-order valence-corrected chi connectivity index (χ1v) is 6.27. The summed E-state index contributed by atoms with van der Waals surface area (Å²) in [5.41, 5.74) is -1.25. The monoisotopic (exact) mass is 321 g/mol. The van der Waals surface area contributed by atoms with Gasteiger partial charge in [-0.3, -0.25) is 31.0 Å². The topological polar surface area (TPSA) is 142 Å². The van der Waals surface area contributed by atoms with Gasteiger partial charge < -0.3 is 5.11 Å². The molecule has 0 aliphatic carbocycles. The van der Waals surface area contributed by atoms with E-state index in [1.807, 2.05) is 43.4 Å². The van der Waals surface area contributed by atoms with E-state index in [0.717, 1.165) is 18.0 Å². The largest absolute Gasteiger partial charge is 0.868 e. The van der Waals surface area contributed by atoms with Gasteiger partial charge in [-0.2, -0.15) is 0 Å². The first kappa shape index (κ1) is 17.6. The molecule has 0 aliphatic heterocycles. The van der Waals surface area contributed by atoms with E-state index in [9.17, 15) is 25.3 Å². The summed E-state index contributed by atoms with van der Waals surface area (Å²) in [5, 5.41) is 31.1. The van der Waals surface area contributed by atoms with Crippen LogP contribution >= 0.6 is 0 Å². The lowest BCUT2D eigenvalue weighted by Crippen LogP contribution is -2.48. The molecule has 1 aromatic heterocycles. The Morgan fingerprint density at radius 2 is 1.74 bits per heavy atom. The number of nitro groups is 2. The number of nitrogens with two attached hydrogens (primary N) is 1. The molecule has 2 aromatic rings. The second-order valence-corrected chi connectivity index (χ2v) is 4.53. The van der Waals surface area contributed by atoms with Gasteiger partial charge in [-0.1, -0.05) is 12.1 Å². The number of non-ortho nitro benzene ring substituents is 1. The molecule has 0 atom stereocenters. The zero-order valence-corrected chi connectivity index (χ0v) is 12.4. The minimum Gasteiger partial charge on any atom is -0.868 e. The van der Waals surface area contributed by atoms with Crippen molar-refractivity contribution in [3.05, 3.63) is 62.8 Å². The molecule has 0 spiro atoms. The van der Waals surface area contributed by atoms with Crippen molar-refractivity contribution in [1.82, 2.24) is 0 Å². The highest BCUT2D eigenvalue weighted by Crippen LogP contribution is 2.27. The van der Waals surface area contributed by atoms with Crippen molar-refractivity contribution in [1.29, 1.82) is 0 Å². The number of hydrogen-bond acceptors (Lipinski definition) is 7. The van der Waals surface area contributed by atoms with Gasteiger partial charge in [0.15, 0.2) is 0 Å². The van der Waals surface area contributed by atoms with E-state index in [2.05, 4.69) is 0 Å². The molecule has 1 heterocycles. The number of pyridine rings is 1. The van der Waals surface area contributed by atoms with Gasteiger partial charge in [-0.15, -0.1) is 4.68 Å². The van der Waals surface area contributed by atoms with Crippen LogP contribution in [0.1, 0.15) is 0 Å². The van der Waals surface area contributed by atoms with Crippen molar-refractivity contribution in [2.75, 3.05) is 24.8 Å². The highest BCUT2D eigenvalue weighted by molar-refractivity contribution is 5.51. The predicted octanol–water partition coefficient (Wildman–Crippen LogP) is 0.330. The number of nitrogen functional groups attached to an aromatic ring is 1. The van der Waals surface area contributed by atoms with E-state index < -0.39 is 27.0 Å². The van der Waals surface area contributed by atoms with Crippen LogP contribution in [0.2, 0.25) is 0 Å². The minimum atomic E-state index is -0.949. The van der Waals surface area contributed by atoms with Gasteiger partial charge in [0, 0.05) is 12.1 Å². The number of nitro benzene ring substituents is 2. The Morgan fingerprint density at radius 1 is 1.09 bits per heavy atom. The maximum Gasteiger partial charge on any atom is 0.299 e. The molecule has 1 aromatic carbocycles. The molecular formula is C13H15N5O5. The zero-order valence-electron chi connectivity index (χ0n) is 12.4. The third-order valence-corrected chi connectivity index (χ3v) is 2.68. The lowest BCUT2D eigenvalue weighted by molar-refractivity contribution is -0.625. The summed E-state index contributed by atoms with van der Waals surface area (Å²) in [7, 11) is 3.91. The summed E-state index contributed by atoms with van der Waals surface area (Å²) in [6, 6.07) is 8.18. The van der Waals surface area contributed by atoms with Crippen LogP contribution in [0, 0.1) is 20.2 Å². The summed E-state index contributed by atoms with van der Waals surface area (Å²) in [6.07, 6.45) is 1.81. The molecule has 2 N–H and O–H groups in total. The van der Waals surface area contributed by atoms with Crippen molar-refractivity contribution >= 4 is 17.2 Å². The van der Waals surface area contributed by atoms with Crippen LogP contribution in [0.4, 0.5) is 17.2 Å². The zero-order chi connectivity index (χ0) is 17.6. The van der Waals surface area contributed by atoms with Crippen LogP contribution in [0.5, 0.6) is 5.75 Å². The molecule has 0 aliphatic rings. The molecule has 0 bridgehead atoms. The molecule has 2 rings (SSSR count). The maximum absolute atomic E-state index is 10.8. The van der Waals surface area contributed by atoms with E-state index in [0.29, 0.717) is 6.07 Å². The SMILES string of the molecule is CN(C)c1cccc[n+]1N.O=[N+]([O-])c1ccc([O-])c([N+](=O)[O-])c1. The van der Waals surface area contributed by atoms with Gasteiger partial charge in [-0.25, -0.2) is 0 Å². The van der Waals surface area contributed by atoms with Crippen molar-refractivity contribution in [3.63, 3.8) is 0 Å². The summed E-state index contributed by atoms with van der Waals surface area (Å²) in [6.45, 7) is 0. The molecule has 0 saturated heterocycles. The second-order valence-electron chi connectivity index (χ2n) is 4.53. The number of aromatic nitrogens is 1. The Hall–Kier alpha value is -3.43. The maximum atomic E-state index is 10.8. The molecule has 0 fully saturated rings. The van der Waals surface area contributed by atoms with Crippen molar-refractivity contribution in [2.24, 2.45) is 0 Å². The van der Waals surface area contributed by atoms with Gasteiger partial charge in [0.05, 0.1) is 30.0 Å². The third-order valence-electron chi connectivity index (χ3n) is 2.68. The Morgan fingerprint density at radius 3 is 2.17 bits per heavy atom. The molecule has 0 radical (unpaired) electrons. The first-order valence-electron chi connectivity index (χ1n) is 6.27. The Bertz CT molecular complexity index is 720. The van der Waals surface area contributed by atoms with Crippen LogP contribution in [0.15, 0.2) is 42.6 Å². The Balaban J connectivity index is 0.000000238. The Kier molecular flexibility index (Phi) is 5.78. The molecular weight excluding hydrogens is 306 g/mol. The predicted molar refractivity (Wildman–Crippen MR) is 80.3 cm³/mol. The second kappa shape index (κ2) is 7.54. The molecule has 10 nitrogen and oxygen atoms in total. The normalized spacial score (nSPS) is 9.48.